The van der Waals surface area contributed by atoms with E-state index in [0.717, 1.165) is 0 Å². The zero-order valence-corrected chi connectivity index (χ0v) is 9.54. The van der Waals surface area contributed by atoms with Gasteiger partial charge in [-0.25, -0.2) is 4.98 Å². The second-order valence-corrected chi connectivity index (χ2v) is 3.68. The summed E-state index contributed by atoms with van der Waals surface area (Å²) in [6, 6.07) is 1.13. The lowest BCUT2D eigenvalue weighted by Gasteiger charge is -2.12. The van der Waals surface area contributed by atoms with Crippen LogP contribution in [0.15, 0.2) is 6.20 Å². The summed E-state index contributed by atoms with van der Waals surface area (Å²) in [5.41, 5.74) is 0.847. The number of aliphatic carboxylic acids is 1. The monoisotopic (exact) mass is 239 g/mol. The van der Waals surface area contributed by atoms with Crippen LogP contribution in [0.4, 0.5) is 5.82 Å². The third kappa shape index (κ3) is 2.41. The molecule has 1 heterocycles. The van der Waals surface area contributed by atoms with Crippen LogP contribution in [0.3, 0.4) is 0 Å². The van der Waals surface area contributed by atoms with Gasteiger partial charge in [-0.3, -0.25) is 4.79 Å². The highest BCUT2D eigenvalue weighted by atomic mass is 35.5. The predicted octanol–water partition coefficient (Wildman–Crippen LogP) is 1.80. The topological polar surface area (TPSA) is 86.0 Å². The molecule has 0 radical (unpaired) electrons. The summed E-state index contributed by atoms with van der Waals surface area (Å²) >= 11 is 5.81. The lowest BCUT2D eigenvalue weighted by atomic mass is 10.1. The number of anilines is 1. The lowest BCUT2D eigenvalue weighted by Crippen LogP contribution is -2.26. The summed E-state index contributed by atoms with van der Waals surface area (Å²) in [4.78, 5) is 14.6. The highest BCUT2D eigenvalue weighted by Gasteiger charge is 2.15. The smallest absolute Gasteiger partial charge is 0.325 e. The van der Waals surface area contributed by atoms with Gasteiger partial charge in [-0.1, -0.05) is 11.6 Å². The molecule has 0 bridgehead atoms. The Morgan fingerprint density at radius 3 is 2.88 bits per heavy atom. The van der Waals surface area contributed by atoms with Crippen molar-refractivity contribution in [1.82, 2.24) is 4.98 Å². The van der Waals surface area contributed by atoms with Crippen LogP contribution in [0, 0.1) is 18.3 Å². The number of halogens is 1. The normalized spacial score (nSPS) is 11.6. The average Bonchev–Trinajstić information content (AvgIpc) is 2.23. The van der Waals surface area contributed by atoms with Crippen molar-refractivity contribution in [3.8, 4) is 6.07 Å². The van der Waals surface area contributed by atoms with E-state index in [4.69, 9.17) is 22.0 Å². The van der Waals surface area contributed by atoms with E-state index in [0.29, 0.717) is 10.6 Å². The first-order valence-corrected chi connectivity index (χ1v) is 4.89. The van der Waals surface area contributed by atoms with Crippen molar-refractivity contribution in [3.63, 3.8) is 0 Å². The zero-order valence-electron chi connectivity index (χ0n) is 8.78. The minimum Gasteiger partial charge on any atom is -0.480 e. The second-order valence-electron chi connectivity index (χ2n) is 3.27. The molecule has 1 atom stereocenters. The quantitative estimate of drug-likeness (QED) is 0.840. The first-order chi connectivity index (χ1) is 7.47. The van der Waals surface area contributed by atoms with Gasteiger partial charge in [0.05, 0.1) is 10.6 Å². The molecule has 0 aliphatic rings. The number of carboxylic acid groups (broad SMARTS) is 1. The summed E-state index contributed by atoms with van der Waals surface area (Å²) < 4.78 is 0. The van der Waals surface area contributed by atoms with Crippen LogP contribution in [0.25, 0.3) is 0 Å². The molecule has 0 aromatic carbocycles. The molecule has 0 fully saturated rings. The van der Waals surface area contributed by atoms with Crippen LogP contribution in [-0.2, 0) is 4.79 Å². The number of nitrogens with one attached hydrogen (secondary N) is 1. The number of carbonyl (C=O) groups is 1. The van der Waals surface area contributed by atoms with Gasteiger partial charge in [-0.15, -0.1) is 0 Å². The Balaban J connectivity index is 3.11. The van der Waals surface area contributed by atoms with Crippen molar-refractivity contribution < 1.29 is 9.90 Å². The van der Waals surface area contributed by atoms with Crippen LogP contribution in [-0.4, -0.2) is 22.1 Å². The average molecular weight is 240 g/mol. The predicted molar refractivity (Wildman–Crippen MR) is 59.4 cm³/mol. The third-order valence-electron chi connectivity index (χ3n) is 2.11. The minimum absolute atomic E-state index is 0.235. The van der Waals surface area contributed by atoms with Crippen LogP contribution in [0.5, 0.6) is 0 Å². The fraction of sp³-hybridized carbons (Fsp3) is 0.300. The number of aromatic nitrogens is 1. The molecule has 1 unspecified atom stereocenters. The fourth-order valence-electron chi connectivity index (χ4n) is 1.09. The van der Waals surface area contributed by atoms with E-state index < -0.39 is 12.0 Å². The summed E-state index contributed by atoms with van der Waals surface area (Å²) in [6.45, 7) is 3.15. The van der Waals surface area contributed by atoms with Crippen molar-refractivity contribution in [1.29, 1.82) is 5.26 Å². The highest BCUT2D eigenvalue weighted by molar-refractivity contribution is 6.31. The van der Waals surface area contributed by atoms with E-state index in [1.165, 1.54) is 13.1 Å². The largest absolute Gasteiger partial charge is 0.480 e. The highest BCUT2D eigenvalue weighted by Crippen LogP contribution is 2.23. The van der Waals surface area contributed by atoms with Crippen LogP contribution in [0.2, 0.25) is 5.02 Å². The minimum atomic E-state index is -1.02. The number of pyridine rings is 1. The number of hydrogen-bond acceptors (Lipinski definition) is 4. The Labute approximate surface area is 97.7 Å². The maximum absolute atomic E-state index is 10.7. The molecule has 1 rings (SSSR count). The zero-order chi connectivity index (χ0) is 12.3. The number of rotatable bonds is 3. The van der Waals surface area contributed by atoms with Gasteiger partial charge in [0.2, 0.25) is 0 Å². The molecule has 0 amide bonds. The third-order valence-corrected chi connectivity index (χ3v) is 2.49. The van der Waals surface area contributed by atoms with Gasteiger partial charge in [-0.2, -0.15) is 5.26 Å². The molecule has 0 aliphatic carbocycles. The molecule has 2 N–H and O–H groups in total. The Hall–Kier alpha value is -1.80. The molecular formula is C10H10ClN3O2. The van der Waals surface area contributed by atoms with Gasteiger partial charge >= 0.3 is 5.97 Å². The van der Waals surface area contributed by atoms with Gasteiger partial charge in [0.15, 0.2) is 0 Å². The fourth-order valence-corrected chi connectivity index (χ4v) is 1.24. The van der Waals surface area contributed by atoms with E-state index in [-0.39, 0.29) is 11.4 Å². The number of hydrogen-bond donors (Lipinski definition) is 2. The van der Waals surface area contributed by atoms with Crippen molar-refractivity contribution in [2.75, 3.05) is 5.32 Å². The Bertz CT molecular complexity index is 468. The SMILES string of the molecule is Cc1c(Cl)cnc(NC(C)C(=O)O)c1C#N. The van der Waals surface area contributed by atoms with Gasteiger partial charge in [-0.05, 0) is 19.4 Å². The Kier molecular flexibility index (Phi) is 3.69. The molecule has 1 aromatic rings. The molecule has 0 spiro atoms. The van der Waals surface area contributed by atoms with E-state index in [9.17, 15) is 4.79 Å². The summed E-state index contributed by atoms with van der Waals surface area (Å²) in [5, 5.41) is 20.7. The van der Waals surface area contributed by atoms with Gasteiger partial charge < -0.3 is 10.4 Å². The van der Waals surface area contributed by atoms with Gasteiger partial charge in [0, 0.05) is 6.20 Å². The summed E-state index contributed by atoms with van der Waals surface area (Å²) in [6.07, 6.45) is 1.38. The number of carboxylic acids is 1. The molecule has 0 saturated carbocycles. The lowest BCUT2D eigenvalue weighted by molar-refractivity contribution is -0.137. The molecule has 84 valence electrons. The maximum atomic E-state index is 10.7. The maximum Gasteiger partial charge on any atom is 0.325 e. The van der Waals surface area contributed by atoms with E-state index in [2.05, 4.69) is 10.3 Å². The molecule has 16 heavy (non-hydrogen) atoms. The summed E-state index contributed by atoms with van der Waals surface area (Å²) in [7, 11) is 0. The molecule has 1 aromatic heterocycles. The molecule has 0 saturated heterocycles. The second kappa shape index (κ2) is 4.81. The first kappa shape index (κ1) is 12.3. The van der Waals surface area contributed by atoms with Crippen molar-refractivity contribution in [2.45, 2.75) is 19.9 Å². The molecule has 5 nitrogen and oxygen atoms in total. The van der Waals surface area contributed by atoms with Crippen molar-refractivity contribution >= 4 is 23.4 Å². The standard InChI is InChI=1S/C10H10ClN3O2/c1-5-7(3-12)9(13-4-8(5)11)14-6(2)10(15)16/h4,6H,1-2H3,(H,13,14)(H,15,16). The van der Waals surface area contributed by atoms with E-state index >= 15 is 0 Å². The number of nitrogens with zero attached hydrogens (tertiary/aromatic N) is 2. The van der Waals surface area contributed by atoms with Crippen LogP contribution >= 0.6 is 11.6 Å². The van der Waals surface area contributed by atoms with E-state index in [1.54, 1.807) is 6.92 Å². The first-order valence-electron chi connectivity index (χ1n) is 4.52. The Morgan fingerprint density at radius 1 is 1.75 bits per heavy atom. The van der Waals surface area contributed by atoms with Crippen molar-refractivity contribution in [3.05, 3.63) is 22.3 Å². The van der Waals surface area contributed by atoms with Crippen LogP contribution < -0.4 is 5.32 Å². The van der Waals surface area contributed by atoms with Crippen molar-refractivity contribution in [2.24, 2.45) is 0 Å². The molecular weight excluding hydrogens is 230 g/mol. The molecule has 0 aliphatic heterocycles. The van der Waals surface area contributed by atoms with E-state index in [1.807, 2.05) is 6.07 Å². The Morgan fingerprint density at radius 2 is 2.38 bits per heavy atom. The van der Waals surface area contributed by atoms with Gasteiger partial charge in [0.25, 0.3) is 0 Å². The number of nitriles is 1. The van der Waals surface area contributed by atoms with Crippen LogP contribution in [0.1, 0.15) is 18.1 Å². The molecule has 6 heteroatoms. The van der Waals surface area contributed by atoms with Gasteiger partial charge in [0.1, 0.15) is 17.9 Å². The summed E-state index contributed by atoms with van der Waals surface area (Å²) in [5.74, 6) is -0.780.